The molecule has 0 aliphatic heterocycles. The maximum Gasteiger partial charge on any atom is 0.123 e. The third-order valence-electron chi connectivity index (χ3n) is 3.21. The molecule has 1 aromatic carbocycles. The van der Waals surface area contributed by atoms with Crippen LogP contribution < -0.4 is 5.73 Å². The minimum Gasteiger partial charge on any atom is -0.384 e. The van der Waals surface area contributed by atoms with E-state index >= 15 is 0 Å². The quantitative estimate of drug-likeness (QED) is 0.784. The Balaban J connectivity index is 2.18. The van der Waals surface area contributed by atoms with Gasteiger partial charge in [0.1, 0.15) is 5.82 Å². The molecule has 2 aromatic heterocycles. The number of aromatic nitrogens is 3. The van der Waals surface area contributed by atoms with Crippen molar-refractivity contribution in [2.45, 2.75) is 6.92 Å². The molecule has 5 heteroatoms. The van der Waals surface area contributed by atoms with E-state index in [1.165, 1.54) is 0 Å². The fraction of sp³-hybridized carbons (Fsp3) is 0.0667. The van der Waals surface area contributed by atoms with Gasteiger partial charge >= 0.3 is 0 Å². The molecule has 0 saturated carbocycles. The van der Waals surface area contributed by atoms with Crippen LogP contribution in [0.5, 0.6) is 0 Å². The van der Waals surface area contributed by atoms with Gasteiger partial charge in [0.25, 0.3) is 0 Å². The maximum absolute atomic E-state index is 6.19. The van der Waals surface area contributed by atoms with Crippen molar-refractivity contribution < 1.29 is 0 Å². The molecule has 0 amide bonds. The first kappa shape index (κ1) is 12.7. The van der Waals surface area contributed by atoms with Gasteiger partial charge in [-0.3, -0.25) is 4.57 Å². The summed E-state index contributed by atoms with van der Waals surface area (Å²) >= 11 is 6.19. The highest BCUT2D eigenvalue weighted by Gasteiger charge is 2.10. The summed E-state index contributed by atoms with van der Waals surface area (Å²) < 4.78 is 2.00. The van der Waals surface area contributed by atoms with Gasteiger partial charge in [0.15, 0.2) is 0 Å². The predicted octanol–water partition coefficient (Wildman–Crippen LogP) is 3.48. The lowest BCUT2D eigenvalue weighted by Gasteiger charge is -2.12. The Kier molecular flexibility index (Phi) is 3.16. The van der Waals surface area contributed by atoms with Crippen LogP contribution in [-0.4, -0.2) is 14.5 Å². The van der Waals surface area contributed by atoms with E-state index in [1.807, 2.05) is 41.8 Å². The van der Waals surface area contributed by atoms with Gasteiger partial charge in [-0.15, -0.1) is 0 Å². The lowest BCUT2D eigenvalue weighted by atomic mass is 10.1. The number of hydrogen-bond donors (Lipinski definition) is 1. The largest absolute Gasteiger partial charge is 0.384 e. The topological polar surface area (TPSA) is 56.7 Å². The number of rotatable bonds is 2. The zero-order valence-electron chi connectivity index (χ0n) is 10.9. The molecule has 4 nitrogen and oxygen atoms in total. The zero-order chi connectivity index (χ0) is 14.1. The lowest BCUT2D eigenvalue weighted by molar-refractivity contribution is 1.05. The van der Waals surface area contributed by atoms with Gasteiger partial charge < -0.3 is 5.73 Å². The number of nitrogens with zero attached hydrogens (tertiary/aromatic N) is 3. The van der Waals surface area contributed by atoms with Crippen LogP contribution in [0.2, 0.25) is 5.02 Å². The van der Waals surface area contributed by atoms with Crippen LogP contribution in [-0.2, 0) is 0 Å². The highest BCUT2D eigenvalue weighted by Crippen LogP contribution is 2.27. The third-order valence-corrected chi connectivity index (χ3v) is 3.62. The molecule has 0 unspecified atom stereocenters. The van der Waals surface area contributed by atoms with Crippen LogP contribution >= 0.6 is 11.6 Å². The van der Waals surface area contributed by atoms with Crippen LogP contribution in [0.25, 0.3) is 16.9 Å². The molecule has 20 heavy (non-hydrogen) atoms. The van der Waals surface area contributed by atoms with Gasteiger partial charge in [-0.05, 0) is 36.8 Å². The summed E-state index contributed by atoms with van der Waals surface area (Å²) in [5.74, 6) is 0.484. The molecule has 0 bridgehead atoms. The maximum atomic E-state index is 6.19. The predicted molar refractivity (Wildman–Crippen MR) is 81.0 cm³/mol. The van der Waals surface area contributed by atoms with Gasteiger partial charge in [-0.1, -0.05) is 17.7 Å². The molecule has 0 atom stereocenters. The number of halogens is 1. The van der Waals surface area contributed by atoms with E-state index in [-0.39, 0.29) is 0 Å². The van der Waals surface area contributed by atoms with Gasteiger partial charge in [0.05, 0.1) is 23.9 Å². The van der Waals surface area contributed by atoms with Crippen LogP contribution in [0.4, 0.5) is 5.82 Å². The van der Waals surface area contributed by atoms with E-state index in [9.17, 15) is 0 Å². The number of benzene rings is 1. The summed E-state index contributed by atoms with van der Waals surface area (Å²) in [5.41, 5.74) is 9.67. The molecule has 3 aromatic rings. The van der Waals surface area contributed by atoms with E-state index in [4.69, 9.17) is 17.3 Å². The molecule has 0 fully saturated rings. The first-order valence-electron chi connectivity index (χ1n) is 6.16. The second-order valence-corrected chi connectivity index (χ2v) is 4.91. The Bertz CT molecular complexity index is 764. The molecule has 3 rings (SSSR count). The van der Waals surface area contributed by atoms with E-state index in [0.717, 1.165) is 27.5 Å². The van der Waals surface area contributed by atoms with Crippen LogP contribution in [0.1, 0.15) is 5.56 Å². The first-order valence-corrected chi connectivity index (χ1v) is 6.54. The monoisotopic (exact) mass is 284 g/mol. The van der Waals surface area contributed by atoms with E-state index in [1.54, 1.807) is 18.7 Å². The molecule has 0 aliphatic carbocycles. The summed E-state index contributed by atoms with van der Waals surface area (Å²) in [6.07, 6.45) is 5.26. The number of nitrogen functional groups attached to an aromatic ring is 1. The number of pyridine rings is 1. The van der Waals surface area contributed by atoms with Crippen molar-refractivity contribution in [3.63, 3.8) is 0 Å². The third kappa shape index (κ3) is 2.14. The van der Waals surface area contributed by atoms with E-state index < -0.39 is 0 Å². The lowest BCUT2D eigenvalue weighted by Crippen LogP contribution is -1.99. The summed E-state index contributed by atoms with van der Waals surface area (Å²) in [7, 11) is 0. The van der Waals surface area contributed by atoms with Gasteiger partial charge in [0, 0.05) is 16.8 Å². The van der Waals surface area contributed by atoms with Crippen LogP contribution in [0.15, 0.2) is 49.1 Å². The summed E-state index contributed by atoms with van der Waals surface area (Å²) in [5, 5.41) is 0.733. The summed E-state index contributed by atoms with van der Waals surface area (Å²) in [6.45, 7) is 1.99. The summed E-state index contributed by atoms with van der Waals surface area (Å²) in [6, 6.07) is 9.55. The molecule has 100 valence electrons. The standard InChI is InChI=1S/C15H13ClN4/c1-10-12(16)3-2-4-13(10)20-9-18-8-14(20)11-5-6-19-15(17)7-11/h2-9H,1H3,(H2,17,19). The summed E-state index contributed by atoms with van der Waals surface area (Å²) in [4.78, 5) is 8.24. The number of hydrogen-bond acceptors (Lipinski definition) is 3. The van der Waals surface area contributed by atoms with Crippen molar-refractivity contribution in [1.29, 1.82) is 0 Å². The van der Waals surface area contributed by atoms with Gasteiger partial charge in [-0.25, -0.2) is 9.97 Å². The highest BCUT2D eigenvalue weighted by molar-refractivity contribution is 6.31. The van der Waals surface area contributed by atoms with Crippen molar-refractivity contribution in [3.8, 4) is 16.9 Å². The van der Waals surface area contributed by atoms with Crippen molar-refractivity contribution in [2.75, 3.05) is 5.73 Å². The number of imidazole rings is 1. The smallest absolute Gasteiger partial charge is 0.123 e. The Morgan fingerprint density at radius 3 is 2.90 bits per heavy atom. The molecule has 0 radical (unpaired) electrons. The second-order valence-electron chi connectivity index (χ2n) is 4.50. The average Bonchev–Trinajstić information content (AvgIpc) is 2.91. The van der Waals surface area contributed by atoms with E-state index in [2.05, 4.69) is 9.97 Å². The van der Waals surface area contributed by atoms with Gasteiger partial charge in [0.2, 0.25) is 0 Å². The van der Waals surface area contributed by atoms with Gasteiger partial charge in [-0.2, -0.15) is 0 Å². The average molecular weight is 285 g/mol. The molecule has 2 N–H and O–H groups in total. The first-order chi connectivity index (χ1) is 9.66. The Morgan fingerprint density at radius 1 is 1.25 bits per heavy atom. The molecule has 0 spiro atoms. The van der Waals surface area contributed by atoms with E-state index in [0.29, 0.717) is 5.82 Å². The number of nitrogens with two attached hydrogens (primary N) is 1. The normalized spacial score (nSPS) is 10.7. The van der Waals surface area contributed by atoms with Crippen LogP contribution in [0, 0.1) is 6.92 Å². The highest BCUT2D eigenvalue weighted by atomic mass is 35.5. The molecular formula is C15H13ClN4. The SMILES string of the molecule is Cc1c(Cl)cccc1-n1cncc1-c1ccnc(N)c1. The minimum atomic E-state index is 0.484. The fourth-order valence-corrected chi connectivity index (χ4v) is 2.33. The Hall–Kier alpha value is -2.33. The van der Waals surface area contributed by atoms with Crippen molar-refractivity contribution in [2.24, 2.45) is 0 Å². The van der Waals surface area contributed by atoms with Crippen molar-refractivity contribution >= 4 is 17.4 Å². The molecule has 2 heterocycles. The minimum absolute atomic E-state index is 0.484. The van der Waals surface area contributed by atoms with Crippen molar-refractivity contribution in [3.05, 3.63) is 59.6 Å². The molecule has 0 aliphatic rings. The molecule has 0 saturated heterocycles. The molecular weight excluding hydrogens is 272 g/mol. The second kappa shape index (κ2) is 4.98. The number of anilines is 1. The van der Waals surface area contributed by atoms with Crippen molar-refractivity contribution in [1.82, 2.24) is 14.5 Å². The zero-order valence-corrected chi connectivity index (χ0v) is 11.7. The fourth-order valence-electron chi connectivity index (χ4n) is 2.17. The van der Waals surface area contributed by atoms with Crippen LogP contribution in [0.3, 0.4) is 0 Å². The Morgan fingerprint density at radius 2 is 2.10 bits per heavy atom. The Labute approximate surface area is 121 Å².